The Bertz CT molecular complexity index is 276. The van der Waals surface area contributed by atoms with Crippen LogP contribution >= 0.6 is 31.9 Å². The predicted molar refractivity (Wildman–Crippen MR) is 48.9 cm³/mol. The lowest BCUT2D eigenvalue weighted by molar-refractivity contribution is -0.114. The van der Waals surface area contributed by atoms with Crippen molar-refractivity contribution in [1.82, 2.24) is 0 Å². The number of ketones is 2. The van der Waals surface area contributed by atoms with Gasteiger partial charge in [-0.1, -0.05) is 15.9 Å². The molecule has 0 spiro atoms. The molecule has 58 valence electrons. The van der Waals surface area contributed by atoms with E-state index >= 15 is 0 Å². The topological polar surface area (TPSA) is 34.1 Å². The van der Waals surface area contributed by atoms with Gasteiger partial charge in [0, 0.05) is 17.0 Å². The first kappa shape index (κ1) is 8.87. The highest BCUT2D eigenvalue weighted by atomic mass is 79.9. The van der Waals surface area contributed by atoms with Crippen LogP contribution in [0.15, 0.2) is 22.2 Å². The van der Waals surface area contributed by atoms with Crippen LogP contribution in [0.1, 0.15) is 0 Å². The lowest BCUT2D eigenvalue weighted by Gasteiger charge is -2.04. The first-order chi connectivity index (χ1) is 5.15. The van der Waals surface area contributed by atoms with Crippen molar-refractivity contribution < 1.29 is 9.59 Å². The summed E-state index contributed by atoms with van der Waals surface area (Å²) in [6, 6.07) is 0. The van der Waals surface area contributed by atoms with Gasteiger partial charge in [-0.3, -0.25) is 9.59 Å². The van der Waals surface area contributed by atoms with E-state index in [4.69, 9.17) is 0 Å². The van der Waals surface area contributed by atoms with Crippen molar-refractivity contribution in [1.29, 1.82) is 0 Å². The zero-order valence-electron chi connectivity index (χ0n) is 5.43. The van der Waals surface area contributed by atoms with E-state index in [-0.39, 0.29) is 11.6 Å². The van der Waals surface area contributed by atoms with Crippen LogP contribution < -0.4 is 0 Å². The predicted octanol–water partition coefficient (Wildman–Crippen LogP) is 1.74. The molecule has 1 aliphatic rings. The lowest BCUT2D eigenvalue weighted by atomic mass is 10.1. The summed E-state index contributed by atoms with van der Waals surface area (Å²) >= 11 is 6.09. The van der Waals surface area contributed by atoms with Crippen LogP contribution in [0.3, 0.4) is 0 Å². The molecule has 0 heterocycles. The van der Waals surface area contributed by atoms with Crippen molar-refractivity contribution in [2.75, 3.05) is 5.33 Å². The number of alkyl halides is 1. The van der Waals surface area contributed by atoms with Crippen LogP contribution in [-0.4, -0.2) is 16.9 Å². The molecule has 1 aliphatic carbocycles. The molecule has 0 atom stereocenters. The highest BCUT2D eigenvalue weighted by molar-refractivity contribution is 9.12. The van der Waals surface area contributed by atoms with Gasteiger partial charge in [0.1, 0.15) is 0 Å². The summed E-state index contributed by atoms with van der Waals surface area (Å²) < 4.78 is 0.326. The highest BCUT2D eigenvalue weighted by Gasteiger charge is 2.16. The molecule has 4 heteroatoms. The number of carbonyl (C=O) groups excluding carboxylic acids is 2. The fourth-order valence-electron chi connectivity index (χ4n) is 0.682. The van der Waals surface area contributed by atoms with Gasteiger partial charge in [0.15, 0.2) is 11.6 Å². The summed E-state index contributed by atoms with van der Waals surface area (Å²) in [6.07, 6.45) is 2.63. The summed E-state index contributed by atoms with van der Waals surface area (Å²) in [5.74, 6) is -0.271. The fourth-order valence-corrected chi connectivity index (χ4v) is 1.44. The van der Waals surface area contributed by atoms with Gasteiger partial charge in [0.2, 0.25) is 0 Å². The zero-order chi connectivity index (χ0) is 8.43. The maximum Gasteiger partial charge on any atom is 0.193 e. The van der Waals surface area contributed by atoms with E-state index in [0.29, 0.717) is 15.4 Å². The normalized spacial score (nSPS) is 18.0. The molecule has 0 aromatic rings. The Hall–Kier alpha value is -0.220. The molecule has 0 bridgehead atoms. The fraction of sp³-hybridized carbons (Fsp3) is 0.143. The summed E-state index contributed by atoms with van der Waals surface area (Å²) in [5.41, 5.74) is 0.498. The molecule has 0 amide bonds. The first-order valence-corrected chi connectivity index (χ1v) is 4.79. The van der Waals surface area contributed by atoms with E-state index in [1.54, 1.807) is 0 Å². The van der Waals surface area contributed by atoms with Crippen molar-refractivity contribution >= 4 is 43.4 Å². The SMILES string of the molecule is O=C1C=C(CBr)C(=O)C=C1Br. The Morgan fingerprint density at radius 1 is 1.18 bits per heavy atom. The van der Waals surface area contributed by atoms with Crippen LogP contribution in [0, 0.1) is 0 Å². The van der Waals surface area contributed by atoms with E-state index in [1.165, 1.54) is 12.2 Å². The Morgan fingerprint density at radius 2 is 1.82 bits per heavy atom. The molecule has 0 aliphatic heterocycles. The molecule has 0 radical (unpaired) electrons. The monoisotopic (exact) mass is 278 g/mol. The van der Waals surface area contributed by atoms with Crippen molar-refractivity contribution in [3.63, 3.8) is 0 Å². The second-order valence-corrected chi connectivity index (χ2v) is 3.44. The van der Waals surface area contributed by atoms with Gasteiger partial charge in [-0.25, -0.2) is 0 Å². The Morgan fingerprint density at radius 3 is 2.36 bits per heavy atom. The smallest absolute Gasteiger partial charge is 0.193 e. The van der Waals surface area contributed by atoms with Gasteiger partial charge < -0.3 is 0 Å². The molecule has 0 aromatic heterocycles. The van der Waals surface area contributed by atoms with E-state index in [2.05, 4.69) is 31.9 Å². The lowest BCUT2D eigenvalue weighted by Crippen LogP contribution is -2.10. The van der Waals surface area contributed by atoms with Crippen LogP contribution in [0.5, 0.6) is 0 Å². The molecule has 0 saturated carbocycles. The van der Waals surface area contributed by atoms with E-state index in [1.807, 2.05) is 0 Å². The third-order valence-electron chi connectivity index (χ3n) is 1.26. The highest BCUT2D eigenvalue weighted by Crippen LogP contribution is 2.17. The largest absolute Gasteiger partial charge is 0.290 e. The molecular formula is C7H4Br2O2. The summed E-state index contributed by atoms with van der Waals surface area (Å²) in [6.45, 7) is 0. The average molecular weight is 280 g/mol. The van der Waals surface area contributed by atoms with Crippen molar-refractivity contribution in [3.8, 4) is 0 Å². The third kappa shape index (κ3) is 1.87. The standard InChI is InChI=1S/C7H4Br2O2/c8-3-4-1-7(11)5(9)2-6(4)10/h1-2H,3H2. The van der Waals surface area contributed by atoms with E-state index < -0.39 is 0 Å². The van der Waals surface area contributed by atoms with Gasteiger partial charge in [-0.15, -0.1) is 0 Å². The van der Waals surface area contributed by atoms with Crippen LogP contribution in [0.4, 0.5) is 0 Å². The number of halogens is 2. The van der Waals surface area contributed by atoms with Crippen molar-refractivity contribution in [2.24, 2.45) is 0 Å². The Balaban J connectivity index is 2.98. The molecule has 0 unspecified atom stereocenters. The molecular weight excluding hydrogens is 276 g/mol. The van der Waals surface area contributed by atoms with Crippen molar-refractivity contribution in [3.05, 3.63) is 22.2 Å². The summed E-state index contributed by atoms with van der Waals surface area (Å²) in [7, 11) is 0. The molecule has 1 rings (SSSR count). The van der Waals surface area contributed by atoms with Gasteiger partial charge in [-0.2, -0.15) is 0 Å². The number of rotatable bonds is 1. The van der Waals surface area contributed by atoms with E-state index in [9.17, 15) is 9.59 Å². The molecule has 0 saturated heterocycles. The minimum atomic E-state index is -0.154. The average Bonchev–Trinajstić information content (AvgIpc) is 1.97. The Kier molecular flexibility index (Phi) is 2.78. The first-order valence-electron chi connectivity index (χ1n) is 2.87. The van der Waals surface area contributed by atoms with Crippen LogP contribution in [-0.2, 0) is 9.59 Å². The van der Waals surface area contributed by atoms with Crippen LogP contribution in [0.25, 0.3) is 0 Å². The third-order valence-corrected chi connectivity index (χ3v) is 2.48. The van der Waals surface area contributed by atoms with Crippen LogP contribution in [0.2, 0.25) is 0 Å². The summed E-state index contributed by atoms with van der Waals surface area (Å²) in [4.78, 5) is 22.0. The minimum Gasteiger partial charge on any atom is -0.290 e. The zero-order valence-corrected chi connectivity index (χ0v) is 8.61. The maximum absolute atomic E-state index is 11.0. The molecule has 0 N–H and O–H groups in total. The van der Waals surface area contributed by atoms with Gasteiger partial charge in [0.05, 0.1) is 4.48 Å². The quantitative estimate of drug-likeness (QED) is 0.541. The van der Waals surface area contributed by atoms with Crippen molar-refractivity contribution in [2.45, 2.75) is 0 Å². The second kappa shape index (κ2) is 3.45. The van der Waals surface area contributed by atoms with Gasteiger partial charge in [0.25, 0.3) is 0 Å². The minimum absolute atomic E-state index is 0.117. The summed E-state index contributed by atoms with van der Waals surface area (Å²) in [5, 5.41) is 0.425. The van der Waals surface area contributed by atoms with Gasteiger partial charge >= 0.3 is 0 Å². The molecule has 0 aromatic carbocycles. The number of carbonyl (C=O) groups is 2. The molecule has 11 heavy (non-hydrogen) atoms. The second-order valence-electron chi connectivity index (χ2n) is 2.02. The van der Waals surface area contributed by atoms with Gasteiger partial charge in [-0.05, 0) is 22.0 Å². The number of hydrogen-bond acceptors (Lipinski definition) is 2. The Labute approximate surface area is 80.6 Å². The number of allylic oxidation sites excluding steroid dienone is 4. The maximum atomic E-state index is 11.0. The number of hydrogen-bond donors (Lipinski definition) is 0. The molecule has 2 nitrogen and oxygen atoms in total. The van der Waals surface area contributed by atoms with E-state index in [0.717, 1.165) is 0 Å². The molecule has 0 fully saturated rings.